The van der Waals surface area contributed by atoms with Crippen LogP contribution < -0.4 is 5.32 Å². The Balaban J connectivity index is 1.65. The van der Waals surface area contributed by atoms with Gasteiger partial charge in [-0.05, 0) is 61.6 Å². The van der Waals surface area contributed by atoms with Crippen molar-refractivity contribution in [2.45, 2.75) is 26.7 Å². The van der Waals surface area contributed by atoms with E-state index in [1.165, 1.54) is 29.7 Å². The summed E-state index contributed by atoms with van der Waals surface area (Å²) in [5, 5.41) is 3.65. The number of aryl methyl sites for hydroxylation is 1. The number of nitrogens with one attached hydrogen (secondary N) is 1. The molecule has 1 fully saturated rings. The molecule has 1 aromatic carbocycles. The molecule has 2 aliphatic carbocycles. The molecular formula is C16H21N. The highest BCUT2D eigenvalue weighted by Crippen LogP contribution is 2.43. The summed E-state index contributed by atoms with van der Waals surface area (Å²) in [6, 6.07) is 6.53. The monoisotopic (exact) mass is 227 g/mol. The van der Waals surface area contributed by atoms with Crippen LogP contribution in [0.2, 0.25) is 0 Å². The second kappa shape index (κ2) is 4.21. The van der Waals surface area contributed by atoms with E-state index >= 15 is 0 Å². The number of anilines is 1. The fourth-order valence-corrected chi connectivity index (χ4v) is 3.31. The average Bonchev–Trinajstić information content (AvgIpc) is 2.93. The Kier molecular flexibility index (Phi) is 2.70. The first-order valence-corrected chi connectivity index (χ1v) is 6.72. The Morgan fingerprint density at radius 1 is 1.18 bits per heavy atom. The second-order valence-corrected chi connectivity index (χ2v) is 5.67. The summed E-state index contributed by atoms with van der Waals surface area (Å²) < 4.78 is 0. The number of allylic oxidation sites excluding steroid dienone is 2. The van der Waals surface area contributed by atoms with Crippen LogP contribution in [0.5, 0.6) is 0 Å². The number of hydrogen-bond donors (Lipinski definition) is 1. The first-order chi connectivity index (χ1) is 8.24. The first kappa shape index (κ1) is 10.9. The second-order valence-electron chi connectivity index (χ2n) is 5.67. The summed E-state index contributed by atoms with van der Waals surface area (Å²) in [6.45, 7) is 5.52. The Hall–Kier alpha value is -1.24. The minimum absolute atomic E-state index is 0.845. The third-order valence-corrected chi connectivity index (χ3v) is 4.58. The molecule has 3 unspecified atom stereocenters. The van der Waals surface area contributed by atoms with Crippen LogP contribution in [0.1, 0.15) is 24.0 Å². The Bertz CT molecular complexity index is 447. The van der Waals surface area contributed by atoms with Gasteiger partial charge >= 0.3 is 0 Å². The van der Waals surface area contributed by atoms with Gasteiger partial charge in [-0.1, -0.05) is 24.3 Å². The van der Waals surface area contributed by atoms with Gasteiger partial charge in [0.05, 0.1) is 0 Å². The maximum absolute atomic E-state index is 3.65. The topological polar surface area (TPSA) is 12.0 Å². The molecular weight excluding hydrogens is 206 g/mol. The van der Waals surface area contributed by atoms with Gasteiger partial charge < -0.3 is 5.32 Å². The van der Waals surface area contributed by atoms with Gasteiger partial charge in [-0.2, -0.15) is 0 Å². The Morgan fingerprint density at radius 2 is 2.06 bits per heavy atom. The largest absolute Gasteiger partial charge is 0.385 e. The molecule has 1 aromatic rings. The standard InChI is InChI=1S/C16H21N/c1-11-4-3-5-16(12(11)2)17-10-15-9-13-6-7-14(15)8-13/h3-7,13-15,17H,8-10H2,1-2H3. The minimum Gasteiger partial charge on any atom is -0.385 e. The molecule has 0 aliphatic heterocycles. The van der Waals surface area contributed by atoms with Gasteiger partial charge in [-0.25, -0.2) is 0 Å². The van der Waals surface area contributed by atoms with Crippen LogP contribution in [-0.4, -0.2) is 6.54 Å². The average molecular weight is 227 g/mol. The molecule has 0 heterocycles. The number of hydrogen-bond acceptors (Lipinski definition) is 1. The third-order valence-electron chi connectivity index (χ3n) is 4.58. The maximum atomic E-state index is 3.65. The molecule has 17 heavy (non-hydrogen) atoms. The van der Waals surface area contributed by atoms with Crippen molar-refractivity contribution in [3.8, 4) is 0 Å². The fourth-order valence-electron chi connectivity index (χ4n) is 3.31. The molecule has 3 rings (SSSR count). The van der Waals surface area contributed by atoms with Crippen molar-refractivity contribution >= 4 is 5.69 Å². The number of fused-ring (bicyclic) bond motifs is 2. The zero-order chi connectivity index (χ0) is 11.8. The molecule has 0 amide bonds. The van der Waals surface area contributed by atoms with E-state index in [2.05, 4.69) is 49.5 Å². The van der Waals surface area contributed by atoms with Crippen molar-refractivity contribution < 1.29 is 0 Å². The van der Waals surface area contributed by atoms with Gasteiger partial charge in [0.25, 0.3) is 0 Å². The highest BCUT2D eigenvalue weighted by Gasteiger charge is 2.35. The van der Waals surface area contributed by atoms with Crippen molar-refractivity contribution in [1.29, 1.82) is 0 Å². The zero-order valence-corrected chi connectivity index (χ0v) is 10.7. The maximum Gasteiger partial charge on any atom is 0.0372 e. The van der Waals surface area contributed by atoms with Crippen LogP contribution >= 0.6 is 0 Å². The van der Waals surface area contributed by atoms with Crippen LogP contribution in [-0.2, 0) is 0 Å². The molecule has 90 valence electrons. The molecule has 3 atom stereocenters. The van der Waals surface area contributed by atoms with Crippen LogP contribution in [0.25, 0.3) is 0 Å². The summed E-state index contributed by atoms with van der Waals surface area (Å²) in [4.78, 5) is 0. The van der Waals surface area contributed by atoms with E-state index in [-0.39, 0.29) is 0 Å². The Labute approximate surface area is 104 Å². The van der Waals surface area contributed by atoms with Crippen molar-refractivity contribution in [2.75, 3.05) is 11.9 Å². The number of rotatable bonds is 3. The lowest BCUT2D eigenvalue weighted by Gasteiger charge is -2.20. The zero-order valence-electron chi connectivity index (χ0n) is 10.7. The molecule has 1 heteroatoms. The van der Waals surface area contributed by atoms with Gasteiger partial charge in [-0.3, -0.25) is 0 Å². The molecule has 0 radical (unpaired) electrons. The lowest BCUT2D eigenvalue weighted by atomic mass is 9.93. The van der Waals surface area contributed by atoms with Crippen LogP contribution in [0.15, 0.2) is 30.4 Å². The first-order valence-electron chi connectivity index (χ1n) is 6.72. The summed E-state index contributed by atoms with van der Waals surface area (Å²) in [7, 11) is 0. The van der Waals surface area contributed by atoms with Crippen LogP contribution in [0, 0.1) is 31.6 Å². The SMILES string of the molecule is Cc1cccc(NCC2CC3C=CC2C3)c1C. The molecule has 1 nitrogen and oxygen atoms in total. The van der Waals surface area contributed by atoms with Gasteiger partial charge in [0.2, 0.25) is 0 Å². The van der Waals surface area contributed by atoms with E-state index in [1.54, 1.807) is 0 Å². The van der Waals surface area contributed by atoms with Gasteiger partial charge in [0.1, 0.15) is 0 Å². The fraction of sp³-hybridized carbons (Fsp3) is 0.500. The smallest absolute Gasteiger partial charge is 0.0372 e. The van der Waals surface area contributed by atoms with E-state index in [9.17, 15) is 0 Å². The molecule has 0 saturated heterocycles. The normalized spacial score (nSPS) is 29.9. The van der Waals surface area contributed by atoms with Crippen molar-refractivity contribution in [3.05, 3.63) is 41.5 Å². The minimum atomic E-state index is 0.845. The number of benzene rings is 1. The summed E-state index contributed by atoms with van der Waals surface area (Å²) >= 11 is 0. The molecule has 2 aliphatic rings. The molecule has 1 saturated carbocycles. The molecule has 2 bridgehead atoms. The molecule has 1 N–H and O–H groups in total. The van der Waals surface area contributed by atoms with Crippen LogP contribution in [0.3, 0.4) is 0 Å². The summed E-state index contributed by atoms with van der Waals surface area (Å²) in [6.07, 6.45) is 7.64. The van der Waals surface area contributed by atoms with E-state index in [0.717, 1.165) is 24.3 Å². The van der Waals surface area contributed by atoms with Crippen LogP contribution in [0.4, 0.5) is 5.69 Å². The van der Waals surface area contributed by atoms with Gasteiger partial charge in [-0.15, -0.1) is 0 Å². The van der Waals surface area contributed by atoms with E-state index < -0.39 is 0 Å². The quantitative estimate of drug-likeness (QED) is 0.772. The predicted octanol–water partition coefficient (Wildman–Crippen LogP) is 3.93. The van der Waals surface area contributed by atoms with Crippen molar-refractivity contribution in [2.24, 2.45) is 17.8 Å². The molecule has 0 aromatic heterocycles. The summed E-state index contributed by atoms with van der Waals surface area (Å²) in [5.74, 6) is 2.58. The predicted molar refractivity (Wildman–Crippen MR) is 73.2 cm³/mol. The van der Waals surface area contributed by atoms with Gasteiger partial charge in [0.15, 0.2) is 0 Å². The highest BCUT2D eigenvalue weighted by atomic mass is 14.9. The Morgan fingerprint density at radius 3 is 2.76 bits per heavy atom. The van der Waals surface area contributed by atoms with Gasteiger partial charge in [0, 0.05) is 12.2 Å². The van der Waals surface area contributed by atoms with Crippen molar-refractivity contribution in [1.82, 2.24) is 0 Å². The molecule has 0 spiro atoms. The third kappa shape index (κ3) is 1.99. The highest BCUT2D eigenvalue weighted by molar-refractivity contribution is 5.53. The lowest BCUT2D eigenvalue weighted by Crippen LogP contribution is -2.18. The van der Waals surface area contributed by atoms with Crippen molar-refractivity contribution in [3.63, 3.8) is 0 Å². The van der Waals surface area contributed by atoms with E-state index in [1.807, 2.05) is 0 Å². The summed E-state index contributed by atoms with van der Waals surface area (Å²) in [5.41, 5.74) is 4.09. The van der Waals surface area contributed by atoms with E-state index in [4.69, 9.17) is 0 Å². The van der Waals surface area contributed by atoms with E-state index in [0.29, 0.717) is 0 Å². The lowest BCUT2D eigenvalue weighted by molar-refractivity contribution is 0.472.